The lowest BCUT2D eigenvalue weighted by Gasteiger charge is -2.12. The van der Waals surface area contributed by atoms with E-state index in [9.17, 15) is 36.1 Å². The lowest BCUT2D eigenvalue weighted by Crippen LogP contribution is -2.07. The van der Waals surface area contributed by atoms with Gasteiger partial charge < -0.3 is 9.29 Å². The molecule has 0 atom stereocenters. The van der Waals surface area contributed by atoms with Crippen LogP contribution < -0.4 is 0 Å². The molecule has 0 aromatic heterocycles. The van der Waals surface area contributed by atoms with Gasteiger partial charge in [0.05, 0.1) is 16.7 Å². The molecule has 0 aliphatic carbocycles. The minimum absolute atomic E-state index is 0.0668. The number of rotatable bonds is 7. The third-order valence-electron chi connectivity index (χ3n) is 3.44. The van der Waals surface area contributed by atoms with Crippen LogP contribution in [-0.2, 0) is 24.4 Å². The van der Waals surface area contributed by atoms with Crippen LogP contribution in [0.15, 0.2) is 59.0 Å². The van der Waals surface area contributed by atoms with Crippen LogP contribution in [0.5, 0.6) is 0 Å². The maximum atomic E-state index is 11.9. The SMILES string of the molecule is C=COS(=O)(=O)c1ccc(-c2cc(S(=O)(=O)O)ccc2C=O)c(C(=O)O)c1. The predicted octanol–water partition coefficient (Wildman–Crippen LogP) is 1.96. The van der Waals surface area contributed by atoms with Gasteiger partial charge in [-0.3, -0.25) is 9.35 Å². The van der Waals surface area contributed by atoms with Crippen molar-refractivity contribution in [1.82, 2.24) is 0 Å². The summed E-state index contributed by atoms with van der Waals surface area (Å²) in [7, 11) is -8.92. The van der Waals surface area contributed by atoms with Crippen molar-refractivity contribution >= 4 is 32.5 Å². The standard InChI is InChI=1S/C16H12O9S2/c1-2-25-27(23,24)12-5-6-13(15(8-12)16(18)19)14-7-11(26(20,21)22)4-3-10(14)9-17/h2-9H,1H2,(H,18,19)(H,20,21,22). The molecule has 0 unspecified atom stereocenters. The molecule has 2 N–H and O–H groups in total. The highest BCUT2D eigenvalue weighted by atomic mass is 32.2. The van der Waals surface area contributed by atoms with Crippen molar-refractivity contribution in [2.24, 2.45) is 0 Å². The van der Waals surface area contributed by atoms with E-state index >= 15 is 0 Å². The zero-order valence-electron chi connectivity index (χ0n) is 13.4. The fraction of sp³-hybridized carbons (Fsp3) is 0. The van der Waals surface area contributed by atoms with E-state index in [1.54, 1.807) is 0 Å². The number of aldehydes is 1. The second-order valence-electron chi connectivity index (χ2n) is 5.07. The van der Waals surface area contributed by atoms with Gasteiger partial charge in [0.25, 0.3) is 10.1 Å². The molecular formula is C16H12O9S2. The Morgan fingerprint density at radius 1 is 1.00 bits per heavy atom. The van der Waals surface area contributed by atoms with Crippen LogP contribution in [-0.4, -0.2) is 38.8 Å². The monoisotopic (exact) mass is 412 g/mol. The number of aromatic carboxylic acids is 1. The van der Waals surface area contributed by atoms with Crippen LogP contribution in [0, 0.1) is 0 Å². The van der Waals surface area contributed by atoms with Gasteiger partial charge in [0.2, 0.25) is 0 Å². The van der Waals surface area contributed by atoms with E-state index < -0.39 is 41.6 Å². The molecule has 0 bridgehead atoms. The van der Waals surface area contributed by atoms with Crippen LogP contribution in [0.1, 0.15) is 20.7 Å². The van der Waals surface area contributed by atoms with E-state index in [0.717, 1.165) is 36.4 Å². The molecule has 2 aromatic rings. The van der Waals surface area contributed by atoms with Gasteiger partial charge in [-0.1, -0.05) is 12.6 Å². The molecule has 0 heterocycles. The zero-order valence-corrected chi connectivity index (χ0v) is 15.0. The van der Waals surface area contributed by atoms with E-state index in [4.69, 9.17) is 0 Å². The summed E-state index contributed by atoms with van der Waals surface area (Å²) in [6.45, 7) is 3.11. The van der Waals surface area contributed by atoms with Crippen molar-refractivity contribution in [2.45, 2.75) is 9.79 Å². The Morgan fingerprint density at radius 3 is 2.15 bits per heavy atom. The number of hydrogen-bond acceptors (Lipinski definition) is 7. The highest BCUT2D eigenvalue weighted by Gasteiger charge is 2.22. The first-order valence-corrected chi connectivity index (χ1v) is 9.84. The summed E-state index contributed by atoms with van der Waals surface area (Å²) >= 11 is 0. The van der Waals surface area contributed by atoms with Crippen LogP contribution in [0.2, 0.25) is 0 Å². The Morgan fingerprint density at radius 2 is 1.63 bits per heavy atom. The molecule has 0 aliphatic heterocycles. The summed E-state index contributed by atoms with van der Waals surface area (Å²) in [6, 6.07) is 5.87. The van der Waals surface area contributed by atoms with Crippen LogP contribution in [0.25, 0.3) is 11.1 Å². The highest BCUT2D eigenvalue weighted by Crippen LogP contribution is 2.31. The quantitative estimate of drug-likeness (QED) is 0.301. The fourth-order valence-electron chi connectivity index (χ4n) is 2.27. The number of carbonyl (C=O) groups is 2. The number of carboxylic acids is 1. The second kappa shape index (κ2) is 7.31. The van der Waals surface area contributed by atoms with Crippen molar-refractivity contribution in [3.05, 3.63) is 60.4 Å². The topological polar surface area (TPSA) is 152 Å². The van der Waals surface area contributed by atoms with Crippen molar-refractivity contribution in [3.63, 3.8) is 0 Å². The molecule has 0 fully saturated rings. The number of hydrogen-bond donors (Lipinski definition) is 2. The van der Waals surface area contributed by atoms with E-state index in [0.29, 0.717) is 12.5 Å². The molecule has 11 heteroatoms. The lowest BCUT2D eigenvalue weighted by atomic mass is 9.96. The molecule has 0 amide bonds. The number of carboxylic acid groups (broad SMARTS) is 1. The zero-order chi connectivity index (χ0) is 20.4. The van der Waals surface area contributed by atoms with Gasteiger partial charge in [-0.05, 0) is 41.5 Å². The molecule has 0 radical (unpaired) electrons. The summed E-state index contributed by atoms with van der Waals surface area (Å²) in [6.07, 6.45) is 1.02. The average molecular weight is 412 g/mol. The van der Waals surface area contributed by atoms with Gasteiger partial charge in [0, 0.05) is 5.56 Å². The fourth-order valence-corrected chi connectivity index (χ4v) is 3.56. The largest absolute Gasteiger partial charge is 0.478 e. The van der Waals surface area contributed by atoms with Gasteiger partial charge in [0.15, 0.2) is 6.29 Å². The molecule has 9 nitrogen and oxygen atoms in total. The van der Waals surface area contributed by atoms with Gasteiger partial charge in [-0.25, -0.2) is 4.79 Å². The Kier molecular flexibility index (Phi) is 5.49. The van der Waals surface area contributed by atoms with E-state index in [-0.39, 0.29) is 16.7 Å². The normalized spacial score (nSPS) is 11.6. The van der Waals surface area contributed by atoms with Crippen LogP contribution >= 0.6 is 0 Å². The summed E-state index contributed by atoms with van der Waals surface area (Å²) < 4.78 is 60.0. The smallest absolute Gasteiger partial charge is 0.338 e. The van der Waals surface area contributed by atoms with Crippen molar-refractivity contribution < 1.29 is 40.3 Å². The molecule has 2 aromatic carbocycles. The third kappa shape index (κ3) is 4.22. The highest BCUT2D eigenvalue weighted by molar-refractivity contribution is 7.86. The molecular weight excluding hydrogens is 400 g/mol. The number of benzene rings is 2. The lowest BCUT2D eigenvalue weighted by molar-refractivity contribution is 0.0697. The Balaban J connectivity index is 2.81. The number of carbonyl (C=O) groups excluding carboxylic acids is 1. The van der Waals surface area contributed by atoms with Crippen LogP contribution in [0.4, 0.5) is 0 Å². The first-order chi connectivity index (χ1) is 12.5. The summed E-state index contributed by atoms with van der Waals surface area (Å²) in [5, 5.41) is 9.43. The molecule has 142 valence electrons. The van der Waals surface area contributed by atoms with Gasteiger partial charge in [-0.2, -0.15) is 16.8 Å². The van der Waals surface area contributed by atoms with Gasteiger partial charge >= 0.3 is 16.1 Å². The maximum Gasteiger partial charge on any atom is 0.338 e. The van der Waals surface area contributed by atoms with Gasteiger partial charge in [-0.15, -0.1) is 0 Å². The first kappa shape index (κ1) is 20.3. The molecule has 0 spiro atoms. The van der Waals surface area contributed by atoms with Crippen molar-refractivity contribution in [3.8, 4) is 11.1 Å². The molecule has 27 heavy (non-hydrogen) atoms. The molecule has 2 rings (SSSR count). The van der Waals surface area contributed by atoms with Crippen molar-refractivity contribution in [1.29, 1.82) is 0 Å². The molecule has 0 saturated carbocycles. The Labute approximate surface area is 154 Å². The predicted molar refractivity (Wildman–Crippen MR) is 92.5 cm³/mol. The minimum atomic E-state index is -4.62. The third-order valence-corrected chi connectivity index (χ3v) is 5.51. The van der Waals surface area contributed by atoms with E-state index in [2.05, 4.69) is 10.8 Å². The summed E-state index contributed by atoms with van der Waals surface area (Å²) in [4.78, 5) is 21.8. The molecule has 0 aliphatic rings. The van der Waals surface area contributed by atoms with E-state index in [1.807, 2.05) is 0 Å². The Bertz CT molecular complexity index is 1150. The molecule has 0 saturated heterocycles. The first-order valence-electron chi connectivity index (χ1n) is 7.00. The van der Waals surface area contributed by atoms with E-state index in [1.165, 1.54) is 0 Å². The van der Waals surface area contributed by atoms with Crippen molar-refractivity contribution in [2.75, 3.05) is 0 Å². The Hall–Kier alpha value is -3.02. The minimum Gasteiger partial charge on any atom is -0.478 e. The van der Waals surface area contributed by atoms with Crippen LogP contribution in [0.3, 0.4) is 0 Å². The summed E-state index contributed by atoms with van der Waals surface area (Å²) in [5.41, 5.74) is -0.846. The maximum absolute atomic E-state index is 11.9. The second-order valence-corrected chi connectivity index (χ2v) is 8.07. The average Bonchev–Trinajstić information content (AvgIpc) is 2.59. The van der Waals surface area contributed by atoms with Gasteiger partial charge in [0.1, 0.15) is 4.90 Å². The summed E-state index contributed by atoms with van der Waals surface area (Å²) in [5.74, 6) is -1.53.